The molecule has 1 aliphatic heterocycles. The Labute approximate surface area is 182 Å². The number of pyridine rings is 1. The Hall–Kier alpha value is -2.10. The predicted octanol–water partition coefficient (Wildman–Crippen LogP) is 3.18. The molecule has 8 heteroatoms. The van der Waals surface area contributed by atoms with Gasteiger partial charge in [0.15, 0.2) is 5.96 Å². The second kappa shape index (κ2) is 11.0. The van der Waals surface area contributed by atoms with E-state index in [0.29, 0.717) is 11.7 Å². The molecule has 2 N–H and O–H groups in total. The highest BCUT2D eigenvalue weighted by molar-refractivity contribution is 14.0. The lowest BCUT2D eigenvalue weighted by molar-refractivity contribution is 0.415. The van der Waals surface area contributed by atoms with E-state index in [-0.39, 0.29) is 42.4 Å². The zero-order chi connectivity index (χ0) is 19.1. The van der Waals surface area contributed by atoms with Crippen LogP contribution >= 0.6 is 24.0 Å². The lowest BCUT2D eigenvalue weighted by Gasteiger charge is -2.22. The average molecular weight is 499 g/mol. The molecule has 0 spiro atoms. The van der Waals surface area contributed by atoms with Crippen molar-refractivity contribution in [3.8, 4) is 5.75 Å². The number of methoxy groups -OCH3 is 1. The molecular formula is C20H27FIN5O. The predicted molar refractivity (Wildman–Crippen MR) is 121 cm³/mol. The van der Waals surface area contributed by atoms with Crippen LogP contribution in [0.15, 0.2) is 47.6 Å². The van der Waals surface area contributed by atoms with Gasteiger partial charge in [-0.3, -0.25) is 4.98 Å². The highest BCUT2D eigenvalue weighted by atomic mass is 127. The molecule has 1 aliphatic rings. The van der Waals surface area contributed by atoms with Crippen LogP contribution in [0.4, 0.5) is 10.1 Å². The van der Waals surface area contributed by atoms with E-state index in [1.807, 2.05) is 25.1 Å². The maximum Gasteiger partial charge on any atom is 0.191 e. The van der Waals surface area contributed by atoms with Crippen molar-refractivity contribution in [1.29, 1.82) is 0 Å². The zero-order valence-corrected chi connectivity index (χ0v) is 18.5. The molecule has 1 atom stereocenters. The monoisotopic (exact) mass is 499 g/mol. The van der Waals surface area contributed by atoms with Crippen LogP contribution in [0, 0.1) is 5.82 Å². The van der Waals surface area contributed by atoms with Gasteiger partial charge in [0.25, 0.3) is 0 Å². The molecule has 0 amide bonds. The van der Waals surface area contributed by atoms with E-state index in [4.69, 9.17) is 4.74 Å². The van der Waals surface area contributed by atoms with Gasteiger partial charge in [-0.25, -0.2) is 9.38 Å². The molecule has 0 bridgehead atoms. The summed E-state index contributed by atoms with van der Waals surface area (Å²) in [5.41, 5.74) is 1.44. The van der Waals surface area contributed by atoms with E-state index in [2.05, 4.69) is 31.6 Å². The normalized spacial score (nSPS) is 16.5. The molecule has 28 heavy (non-hydrogen) atoms. The number of para-hydroxylation sites is 2. The molecule has 1 unspecified atom stereocenters. The first-order chi connectivity index (χ1) is 13.2. The van der Waals surface area contributed by atoms with Crippen LogP contribution in [0.5, 0.6) is 5.75 Å². The molecule has 0 aliphatic carbocycles. The van der Waals surface area contributed by atoms with Crippen molar-refractivity contribution in [1.82, 2.24) is 15.6 Å². The summed E-state index contributed by atoms with van der Waals surface area (Å²) in [6, 6.07) is 11.3. The highest BCUT2D eigenvalue weighted by Gasteiger charge is 2.25. The fraction of sp³-hybridized carbons (Fsp3) is 0.400. The molecule has 1 aromatic carbocycles. The van der Waals surface area contributed by atoms with Crippen molar-refractivity contribution in [2.75, 3.05) is 31.6 Å². The molecular weight excluding hydrogens is 472 g/mol. The van der Waals surface area contributed by atoms with E-state index in [1.165, 1.54) is 6.07 Å². The Kier molecular flexibility index (Phi) is 8.75. The summed E-state index contributed by atoms with van der Waals surface area (Å²) in [4.78, 5) is 10.8. The van der Waals surface area contributed by atoms with Crippen molar-refractivity contribution in [2.45, 2.75) is 25.9 Å². The van der Waals surface area contributed by atoms with Gasteiger partial charge < -0.3 is 20.3 Å². The van der Waals surface area contributed by atoms with Gasteiger partial charge in [0.1, 0.15) is 11.6 Å². The number of ether oxygens (including phenoxy) is 1. The Morgan fingerprint density at radius 1 is 1.32 bits per heavy atom. The summed E-state index contributed by atoms with van der Waals surface area (Å²) >= 11 is 0. The fourth-order valence-electron chi connectivity index (χ4n) is 3.19. The first kappa shape index (κ1) is 22.2. The Balaban J connectivity index is 0.00000280. The maximum atomic E-state index is 13.8. The van der Waals surface area contributed by atoms with Gasteiger partial charge in [-0.15, -0.1) is 24.0 Å². The van der Waals surface area contributed by atoms with Gasteiger partial charge in [-0.1, -0.05) is 12.1 Å². The largest absolute Gasteiger partial charge is 0.495 e. The number of hydrogen-bond donors (Lipinski definition) is 2. The van der Waals surface area contributed by atoms with Crippen molar-refractivity contribution in [2.24, 2.45) is 4.99 Å². The molecule has 1 saturated heterocycles. The number of guanidine groups is 1. The number of aliphatic imine (C=N–C) groups is 1. The smallest absolute Gasteiger partial charge is 0.191 e. The summed E-state index contributed by atoms with van der Waals surface area (Å²) in [6.07, 6.45) is 2.57. The zero-order valence-electron chi connectivity index (χ0n) is 16.2. The van der Waals surface area contributed by atoms with Crippen LogP contribution in [0.2, 0.25) is 0 Å². The number of halogens is 2. The van der Waals surface area contributed by atoms with Crippen molar-refractivity contribution < 1.29 is 9.13 Å². The minimum absolute atomic E-state index is 0. The molecule has 1 aromatic heterocycles. The van der Waals surface area contributed by atoms with Crippen molar-refractivity contribution in [3.05, 3.63) is 54.1 Å². The summed E-state index contributed by atoms with van der Waals surface area (Å²) in [5, 5.41) is 6.67. The van der Waals surface area contributed by atoms with Gasteiger partial charge in [0.05, 0.1) is 25.0 Å². The first-order valence-electron chi connectivity index (χ1n) is 9.23. The summed E-state index contributed by atoms with van der Waals surface area (Å²) in [6.45, 7) is 4.73. The third-order valence-electron chi connectivity index (χ3n) is 4.52. The van der Waals surface area contributed by atoms with Crippen LogP contribution in [-0.2, 0) is 6.54 Å². The summed E-state index contributed by atoms with van der Waals surface area (Å²) in [5.74, 6) is 1.22. The first-order valence-corrected chi connectivity index (χ1v) is 9.23. The maximum absolute atomic E-state index is 13.8. The molecule has 6 nitrogen and oxygen atoms in total. The van der Waals surface area contributed by atoms with Gasteiger partial charge in [0, 0.05) is 31.9 Å². The second-order valence-corrected chi connectivity index (χ2v) is 6.37. The molecule has 2 aromatic rings. The molecule has 3 rings (SSSR count). The SMILES string of the molecule is CCNC(=NCc1ncccc1F)NC1CCN(c2ccccc2OC)C1.I. The number of nitrogens with zero attached hydrogens (tertiary/aromatic N) is 3. The molecule has 152 valence electrons. The van der Waals surface area contributed by atoms with Gasteiger partial charge in [-0.05, 0) is 37.6 Å². The number of benzene rings is 1. The van der Waals surface area contributed by atoms with E-state index < -0.39 is 0 Å². The number of anilines is 1. The quantitative estimate of drug-likeness (QED) is 0.363. The molecule has 0 radical (unpaired) electrons. The third-order valence-corrected chi connectivity index (χ3v) is 4.52. The van der Waals surface area contributed by atoms with Gasteiger partial charge >= 0.3 is 0 Å². The Bertz CT molecular complexity index is 789. The van der Waals surface area contributed by atoms with E-state index in [0.717, 1.165) is 37.5 Å². The lowest BCUT2D eigenvalue weighted by Crippen LogP contribution is -2.44. The van der Waals surface area contributed by atoms with E-state index in [1.54, 1.807) is 19.4 Å². The highest BCUT2D eigenvalue weighted by Crippen LogP contribution is 2.30. The van der Waals surface area contributed by atoms with Crippen LogP contribution in [0.1, 0.15) is 19.0 Å². The van der Waals surface area contributed by atoms with Gasteiger partial charge in [0.2, 0.25) is 0 Å². The fourth-order valence-corrected chi connectivity index (χ4v) is 3.19. The standard InChI is InChI=1S/C20H26FN5O.HI/c1-3-22-20(24-13-17-16(21)7-6-11-23-17)25-15-10-12-26(14-15)18-8-4-5-9-19(18)27-2;/h4-9,11,15H,3,10,12-14H2,1-2H3,(H2,22,24,25);1H. The molecule has 1 fully saturated rings. The number of nitrogens with one attached hydrogen (secondary N) is 2. The number of hydrogen-bond acceptors (Lipinski definition) is 4. The Morgan fingerprint density at radius 3 is 2.89 bits per heavy atom. The topological polar surface area (TPSA) is 61.8 Å². The average Bonchev–Trinajstić information content (AvgIpc) is 3.15. The third kappa shape index (κ3) is 5.70. The minimum atomic E-state index is -0.333. The molecule has 2 heterocycles. The van der Waals surface area contributed by atoms with Crippen molar-refractivity contribution in [3.63, 3.8) is 0 Å². The molecule has 0 saturated carbocycles. The second-order valence-electron chi connectivity index (χ2n) is 6.37. The van der Waals surface area contributed by atoms with Crippen LogP contribution in [0.3, 0.4) is 0 Å². The van der Waals surface area contributed by atoms with Gasteiger partial charge in [-0.2, -0.15) is 0 Å². The van der Waals surface area contributed by atoms with E-state index in [9.17, 15) is 4.39 Å². The summed E-state index contributed by atoms with van der Waals surface area (Å²) in [7, 11) is 1.69. The van der Waals surface area contributed by atoms with Crippen molar-refractivity contribution >= 4 is 35.6 Å². The number of rotatable bonds is 6. The van der Waals surface area contributed by atoms with E-state index >= 15 is 0 Å². The summed E-state index contributed by atoms with van der Waals surface area (Å²) < 4.78 is 19.2. The van der Waals surface area contributed by atoms with Crippen LogP contribution in [-0.4, -0.2) is 43.7 Å². The Morgan fingerprint density at radius 2 is 2.14 bits per heavy atom. The minimum Gasteiger partial charge on any atom is -0.495 e. The van der Waals surface area contributed by atoms with Crippen LogP contribution < -0.4 is 20.3 Å². The number of aromatic nitrogens is 1. The van der Waals surface area contributed by atoms with Crippen LogP contribution in [0.25, 0.3) is 0 Å². The lowest BCUT2D eigenvalue weighted by atomic mass is 10.2.